The average Bonchev–Trinajstić information content (AvgIpc) is 3.22. The van der Waals surface area contributed by atoms with Gasteiger partial charge in [0.2, 0.25) is 5.91 Å². The lowest BCUT2D eigenvalue weighted by molar-refractivity contribution is -0.138. The molecule has 8 heteroatoms. The second-order valence-electron chi connectivity index (χ2n) is 9.44. The molecule has 1 aromatic carbocycles. The first-order chi connectivity index (χ1) is 16.6. The summed E-state index contributed by atoms with van der Waals surface area (Å²) in [5.41, 5.74) is 3.34. The number of rotatable bonds is 5. The average molecular weight is 460 g/mol. The highest BCUT2D eigenvalue weighted by Gasteiger charge is 2.31. The lowest BCUT2D eigenvalue weighted by Crippen LogP contribution is -2.51. The molecule has 8 nitrogen and oxygen atoms in total. The van der Waals surface area contributed by atoms with Crippen molar-refractivity contribution in [2.24, 2.45) is 5.92 Å². The van der Waals surface area contributed by atoms with Gasteiger partial charge < -0.3 is 9.80 Å². The van der Waals surface area contributed by atoms with Crippen molar-refractivity contribution < 1.29 is 4.79 Å². The lowest BCUT2D eigenvalue weighted by Gasteiger charge is -2.38. The van der Waals surface area contributed by atoms with Gasteiger partial charge in [-0.3, -0.25) is 9.69 Å². The van der Waals surface area contributed by atoms with Crippen LogP contribution in [0.25, 0.3) is 5.82 Å². The highest BCUT2D eigenvalue weighted by Crippen LogP contribution is 2.24. The Labute approximate surface area is 201 Å². The van der Waals surface area contributed by atoms with Crippen LogP contribution in [0.1, 0.15) is 29.8 Å². The summed E-state index contributed by atoms with van der Waals surface area (Å²) >= 11 is 0. The highest BCUT2D eigenvalue weighted by molar-refractivity contribution is 5.79. The fraction of sp³-hybridized carbons (Fsp3) is 0.462. The van der Waals surface area contributed by atoms with Crippen molar-refractivity contribution >= 4 is 11.7 Å². The van der Waals surface area contributed by atoms with Gasteiger partial charge in [-0.25, -0.2) is 4.68 Å². The van der Waals surface area contributed by atoms with E-state index < -0.39 is 0 Å². The van der Waals surface area contributed by atoms with Crippen LogP contribution in [-0.2, 0) is 11.3 Å². The van der Waals surface area contributed by atoms with Gasteiger partial charge in [-0.1, -0.05) is 30.3 Å². The maximum Gasteiger partial charge on any atom is 0.225 e. The van der Waals surface area contributed by atoms with E-state index in [1.807, 2.05) is 36.7 Å². The molecule has 34 heavy (non-hydrogen) atoms. The highest BCUT2D eigenvalue weighted by atomic mass is 16.2. The number of hydrogen-bond donors (Lipinski definition) is 0. The van der Waals surface area contributed by atoms with E-state index in [-0.39, 0.29) is 5.92 Å². The number of carbonyl (C=O) groups is 1. The number of benzene rings is 1. The molecular weight excluding hydrogens is 426 g/mol. The molecule has 2 aromatic heterocycles. The first-order valence-corrected chi connectivity index (χ1v) is 12.2. The number of piperazine rings is 1. The molecule has 0 spiro atoms. The zero-order chi connectivity index (χ0) is 23.5. The molecule has 178 valence electrons. The Morgan fingerprint density at radius 1 is 0.882 bits per heavy atom. The van der Waals surface area contributed by atoms with Crippen molar-refractivity contribution in [3.63, 3.8) is 0 Å². The summed E-state index contributed by atoms with van der Waals surface area (Å²) in [4.78, 5) is 19.9. The summed E-state index contributed by atoms with van der Waals surface area (Å²) < 4.78 is 1.82. The van der Waals surface area contributed by atoms with Crippen LogP contribution in [0.2, 0.25) is 0 Å². The standard InChI is InChI=1S/C26H33N7O/c1-20-18-21(2)33(29-20)25-9-8-24(27-28-25)31-12-10-23(11-13-31)26(34)32-16-14-30(15-17-32)19-22-6-4-3-5-7-22/h3-9,18,23H,10-17,19H2,1-2H3. The van der Waals surface area contributed by atoms with Crippen LogP contribution in [0.4, 0.5) is 5.82 Å². The second-order valence-corrected chi connectivity index (χ2v) is 9.44. The molecular formula is C26H33N7O. The van der Waals surface area contributed by atoms with Gasteiger partial charge in [-0.05, 0) is 50.5 Å². The summed E-state index contributed by atoms with van der Waals surface area (Å²) in [5.74, 6) is 2.03. The number of aromatic nitrogens is 4. The summed E-state index contributed by atoms with van der Waals surface area (Å²) in [6, 6.07) is 16.6. The Bertz CT molecular complexity index is 1100. The summed E-state index contributed by atoms with van der Waals surface area (Å²) in [6.45, 7) is 10.1. The number of aryl methyl sites for hydroxylation is 2. The molecule has 0 bridgehead atoms. The van der Waals surface area contributed by atoms with Crippen LogP contribution in [-0.4, -0.2) is 75.0 Å². The normalized spacial score (nSPS) is 17.8. The van der Waals surface area contributed by atoms with Crippen molar-refractivity contribution in [3.8, 4) is 5.82 Å². The van der Waals surface area contributed by atoms with Crippen LogP contribution in [0.15, 0.2) is 48.5 Å². The number of piperidine rings is 1. The SMILES string of the molecule is Cc1cc(C)n(-c2ccc(N3CCC(C(=O)N4CCN(Cc5ccccc5)CC4)CC3)nn2)n1. The van der Waals surface area contributed by atoms with E-state index in [4.69, 9.17) is 0 Å². The smallest absolute Gasteiger partial charge is 0.225 e. The largest absolute Gasteiger partial charge is 0.355 e. The van der Waals surface area contributed by atoms with E-state index >= 15 is 0 Å². The van der Waals surface area contributed by atoms with E-state index in [2.05, 4.69) is 60.3 Å². The Kier molecular flexibility index (Phi) is 6.58. The van der Waals surface area contributed by atoms with E-state index in [9.17, 15) is 4.79 Å². The van der Waals surface area contributed by atoms with Crippen molar-refractivity contribution in [3.05, 3.63) is 65.5 Å². The van der Waals surface area contributed by atoms with Crippen molar-refractivity contribution in [1.82, 2.24) is 29.8 Å². The Balaban J connectivity index is 1.11. The third-order valence-electron chi connectivity index (χ3n) is 6.96. The van der Waals surface area contributed by atoms with Gasteiger partial charge in [-0.2, -0.15) is 5.10 Å². The molecule has 2 aliphatic heterocycles. The molecule has 5 rings (SSSR count). The fourth-order valence-electron chi connectivity index (χ4n) is 5.04. The van der Waals surface area contributed by atoms with Gasteiger partial charge in [0, 0.05) is 57.4 Å². The molecule has 4 heterocycles. The minimum absolute atomic E-state index is 0.110. The van der Waals surface area contributed by atoms with E-state index in [1.165, 1.54) is 5.56 Å². The van der Waals surface area contributed by atoms with Crippen LogP contribution in [0.5, 0.6) is 0 Å². The Morgan fingerprint density at radius 2 is 1.56 bits per heavy atom. The first kappa shape index (κ1) is 22.5. The number of carbonyl (C=O) groups excluding carboxylic acids is 1. The molecule has 0 radical (unpaired) electrons. The number of hydrogen-bond acceptors (Lipinski definition) is 6. The minimum atomic E-state index is 0.110. The Morgan fingerprint density at radius 3 is 2.18 bits per heavy atom. The molecule has 3 aromatic rings. The predicted molar refractivity (Wildman–Crippen MR) is 132 cm³/mol. The fourth-order valence-corrected chi connectivity index (χ4v) is 5.04. The van der Waals surface area contributed by atoms with Crippen LogP contribution >= 0.6 is 0 Å². The third kappa shape index (κ3) is 4.97. The van der Waals surface area contributed by atoms with Gasteiger partial charge in [0.05, 0.1) is 5.69 Å². The lowest BCUT2D eigenvalue weighted by atomic mass is 9.95. The number of nitrogens with zero attached hydrogens (tertiary/aromatic N) is 7. The number of anilines is 1. The summed E-state index contributed by atoms with van der Waals surface area (Å²) in [6.07, 6.45) is 1.73. The van der Waals surface area contributed by atoms with E-state index in [0.29, 0.717) is 5.91 Å². The van der Waals surface area contributed by atoms with E-state index in [0.717, 1.165) is 81.7 Å². The molecule has 0 N–H and O–H groups in total. The maximum absolute atomic E-state index is 13.1. The van der Waals surface area contributed by atoms with Gasteiger partial charge in [0.15, 0.2) is 11.6 Å². The van der Waals surface area contributed by atoms with Crippen molar-refractivity contribution in [1.29, 1.82) is 0 Å². The number of amides is 1. The zero-order valence-electron chi connectivity index (χ0n) is 20.1. The Hall–Kier alpha value is -3.26. The second kappa shape index (κ2) is 9.93. The minimum Gasteiger partial charge on any atom is -0.355 e. The molecule has 2 aliphatic rings. The topological polar surface area (TPSA) is 70.4 Å². The van der Waals surface area contributed by atoms with Gasteiger partial charge in [0.25, 0.3) is 0 Å². The molecule has 0 aliphatic carbocycles. The van der Waals surface area contributed by atoms with E-state index in [1.54, 1.807) is 0 Å². The molecule has 0 atom stereocenters. The quantitative estimate of drug-likeness (QED) is 0.584. The first-order valence-electron chi connectivity index (χ1n) is 12.2. The van der Waals surface area contributed by atoms with Crippen LogP contribution in [0.3, 0.4) is 0 Å². The van der Waals surface area contributed by atoms with Gasteiger partial charge in [0.1, 0.15) is 0 Å². The van der Waals surface area contributed by atoms with Crippen molar-refractivity contribution in [2.75, 3.05) is 44.2 Å². The molecule has 1 amide bonds. The van der Waals surface area contributed by atoms with Gasteiger partial charge >= 0.3 is 0 Å². The molecule has 2 saturated heterocycles. The van der Waals surface area contributed by atoms with Crippen molar-refractivity contribution in [2.45, 2.75) is 33.2 Å². The zero-order valence-corrected chi connectivity index (χ0v) is 20.1. The van der Waals surface area contributed by atoms with Crippen LogP contribution in [0, 0.1) is 19.8 Å². The summed E-state index contributed by atoms with van der Waals surface area (Å²) in [5, 5.41) is 13.3. The third-order valence-corrected chi connectivity index (χ3v) is 6.96. The molecule has 2 fully saturated rings. The predicted octanol–water partition coefficient (Wildman–Crippen LogP) is 2.84. The van der Waals surface area contributed by atoms with Gasteiger partial charge in [-0.15, -0.1) is 10.2 Å². The monoisotopic (exact) mass is 459 g/mol. The summed E-state index contributed by atoms with van der Waals surface area (Å²) in [7, 11) is 0. The maximum atomic E-state index is 13.1. The van der Waals surface area contributed by atoms with Crippen LogP contribution < -0.4 is 4.90 Å². The molecule has 0 unspecified atom stereocenters. The molecule has 0 saturated carbocycles.